The van der Waals surface area contributed by atoms with Crippen molar-refractivity contribution in [2.75, 3.05) is 0 Å². The van der Waals surface area contributed by atoms with Gasteiger partial charge in [-0.25, -0.2) is 4.79 Å². The number of nitrogens with zero attached hydrogens (tertiary/aromatic N) is 2. The fourth-order valence-corrected chi connectivity index (χ4v) is 2.44. The van der Waals surface area contributed by atoms with Crippen molar-refractivity contribution in [1.29, 1.82) is 0 Å². The molecule has 0 aliphatic carbocycles. The zero-order valence-corrected chi connectivity index (χ0v) is 13.0. The molecule has 0 saturated heterocycles. The zero-order valence-electron chi connectivity index (χ0n) is 13.0. The summed E-state index contributed by atoms with van der Waals surface area (Å²) in [6, 6.07) is 3.10. The number of nitro groups is 2. The van der Waals surface area contributed by atoms with Gasteiger partial charge in [-0.05, 0) is 25.3 Å². The summed E-state index contributed by atoms with van der Waals surface area (Å²) >= 11 is 0. The Morgan fingerprint density at radius 2 is 1.96 bits per heavy atom. The molecule has 0 heterocycles. The number of hydrogen-bond acceptors (Lipinski definition) is 6. The van der Waals surface area contributed by atoms with Gasteiger partial charge in [-0.15, -0.1) is 0 Å². The van der Waals surface area contributed by atoms with Crippen molar-refractivity contribution in [2.24, 2.45) is 5.92 Å². The molecule has 9 nitrogen and oxygen atoms in total. The van der Waals surface area contributed by atoms with Gasteiger partial charge in [0.2, 0.25) is 0 Å². The van der Waals surface area contributed by atoms with Crippen LogP contribution in [-0.4, -0.2) is 21.1 Å². The van der Waals surface area contributed by atoms with Gasteiger partial charge in [-0.3, -0.25) is 20.2 Å². The van der Waals surface area contributed by atoms with Gasteiger partial charge in [-0.2, -0.15) is 0 Å². The fraction of sp³-hybridized carbons (Fsp3) is 0.500. The smallest absolute Gasteiger partial charge is 0.450 e. The first-order chi connectivity index (χ1) is 10.6. The maximum Gasteiger partial charge on any atom is 0.506 e. The number of nitro benzene ring substituents is 2. The summed E-state index contributed by atoms with van der Waals surface area (Å²) in [5.41, 5.74) is -2.46. The maximum absolute atomic E-state index is 11.3. The summed E-state index contributed by atoms with van der Waals surface area (Å²) in [4.78, 5) is 31.6. The van der Waals surface area contributed by atoms with Crippen molar-refractivity contribution in [3.63, 3.8) is 0 Å². The lowest BCUT2D eigenvalue weighted by Crippen LogP contribution is -2.31. The molecule has 0 bridgehead atoms. The van der Waals surface area contributed by atoms with Crippen LogP contribution in [-0.2, 0) is 10.3 Å². The molecule has 23 heavy (non-hydrogen) atoms. The van der Waals surface area contributed by atoms with E-state index in [1.165, 1.54) is 13.0 Å². The highest BCUT2D eigenvalue weighted by molar-refractivity contribution is 5.60. The van der Waals surface area contributed by atoms with Gasteiger partial charge in [0.15, 0.2) is 0 Å². The minimum atomic E-state index is -1.57. The second-order valence-corrected chi connectivity index (χ2v) is 5.53. The molecule has 0 aromatic heterocycles. The highest BCUT2D eigenvalue weighted by atomic mass is 16.7. The van der Waals surface area contributed by atoms with Gasteiger partial charge in [0, 0.05) is 6.07 Å². The largest absolute Gasteiger partial charge is 0.506 e. The third kappa shape index (κ3) is 4.38. The van der Waals surface area contributed by atoms with Crippen molar-refractivity contribution >= 4 is 17.5 Å². The van der Waals surface area contributed by atoms with Crippen molar-refractivity contribution in [3.8, 4) is 0 Å². The van der Waals surface area contributed by atoms with Crippen LogP contribution < -0.4 is 0 Å². The molecule has 0 fully saturated rings. The van der Waals surface area contributed by atoms with Gasteiger partial charge in [0.1, 0.15) is 5.60 Å². The molecule has 0 radical (unpaired) electrons. The predicted octanol–water partition coefficient (Wildman–Crippen LogP) is 3.85. The Kier molecular flexibility index (Phi) is 5.61. The topological polar surface area (TPSA) is 133 Å². The first-order valence-electron chi connectivity index (χ1n) is 6.96. The van der Waals surface area contributed by atoms with Crippen LogP contribution in [0.4, 0.5) is 16.2 Å². The lowest BCUT2D eigenvalue weighted by molar-refractivity contribution is -0.395. The molecular formula is C14H18N2O7. The quantitative estimate of drug-likeness (QED) is 0.457. The Morgan fingerprint density at radius 3 is 2.39 bits per heavy atom. The highest BCUT2D eigenvalue weighted by Gasteiger charge is 2.39. The normalized spacial score (nSPS) is 14.6. The van der Waals surface area contributed by atoms with Crippen LogP contribution in [0.1, 0.15) is 39.2 Å². The molecule has 1 aromatic carbocycles. The molecule has 9 heteroatoms. The van der Waals surface area contributed by atoms with E-state index in [-0.39, 0.29) is 17.9 Å². The van der Waals surface area contributed by atoms with Crippen LogP contribution in [0.15, 0.2) is 18.2 Å². The number of ether oxygens (including phenoxy) is 1. The van der Waals surface area contributed by atoms with Gasteiger partial charge in [-0.1, -0.05) is 20.3 Å². The summed E-state index contributed by atoms with van der Waals surface area (Å²) in [6.07, 6.45) is -0.628. The molecule has 1 rings (SSSR count). The molecule has 1 N–H and O–H groups in total. The van der Waals surface area contributed by atoms with Gasteiger partial charge >= 0.3 is 6.16 Å². The summed E-state index contributed by atoms with van der Waals surface area (Å²) in [7, 11) is 0. The van der Waals surface area contributed by atoms with Gasteiger partial charge < -0.3 is 9.84 Å². The van der Waals surface area contributed by atoms with E-state index in [1.807, 2.05) is 13.8 Å². The second kappa shape index (κ2) is 7.03. The van der Waals surface area contributed by atoms with Crippen molar-refractivity contribution in [2.45, 2.75) is 39.2 Å². The van der Waals surface area contributed by atoms with E-state index in [0.717, 1.165) is 18.6 Å². The molecule has 0 aliphatic heterocycles. The average molecular weight is 326 g/mol. The first-order valence-corrected chi connectivity index (χ1v) is 6.96. The number of rotatable bonds is 7. The number of carboxylic acid groups (broad SMARTS) is 1. The standard InChI is InChI=1S/C14H18N2O7/c1-4-9(2)8-14(3,23-13(17)18)11-6-5-10(15(19)20)7-12(11)16(21)22/h5-7,9H,4,8H2,1-3H3,(H,17,18). The van der Waals surface area contributed by atoms with E-state index in [2.05, 4.69) is 0 Å². The molecule has 1 aromatic rings. The molecule has 0 amide bonds. The van der Waals surface area contributed by atoms with E-state index in [0.29, 0.717) is 0 Å². The number of non-ortho nitro benzene ring substituents is 1. The average Bonchev–Trinajstić information content (AvgIpc) is 2.45. The van der Waals surface area contributed by atoms with E-state index in [9.17, 15) is 25.0 Å². The molecular weight excluding hydrogens is 308 g/mol. The van der Waals surface area contributed by atoms with Crippen LogP contribution in [0, 0.1) is 26.1 Å². The second-order valence-electron chi connectivity index (χ2n) is 5.53. The summed E-state index contributed by atoms with van der Waals surface area (Å²) in [6.45, 7) is 5.19. The number of carbonyl (C=O) groups is 1. The highest BCUT2D eigenvalue weighted by Crippen LogP contribution is 2.40. The zero-order chi connectivity index (χ0) is 17.8. The van der Waals surface area contributed by atoms with Crippen molar-refractivity contribution < 1.29 is 24.5 Å². The van der Waals surface area contributed by atoms with Crippen LogP contribution in [0.2, 0.25) is 0 Å². The Bertz CT molecular complexity index is 632. The Hall–Kier alpha value is -2.71. The third-order valence-corrected chi connectivity index (χ3v) is 3.71. The first kappa shape index (κ1) is 18.3. The van der Waals surface area contributed by atoms with Crippen molar-refractivity contribution in [3.05, 3.63) is 44.0 Å². The molecule has 0 aliphatic rings. The van der Waals surface area contributed by atoms with Crippen LogP contribution >= 0.6 is 0 Å². The lowest BCUT2D eigenvalue weighted by atomic mass is 9.84. The van der Waals surface area contributed by atoms with Gasteiger partial charge in [0.25, 0.3) is 11.4 Å². The molecule has 2 unspecified atom stereocenters. The summed E-state index contributed by atoms with van der Waals surface area (Å²) < 4.78 is 4.93. The van der Waals surface area contributed by atoms with Crippen molar-refractivity contribution in [1.82, 2.24) is 0 Å². The van der Waals surface area contributed by atoms with Crippen LogP contribution in [0.25, 0.3) is 0 Å². The molecule has 126 valence electrons. The third-order valence-electron chi connectivity index (χ3n) is 3.71. The SMILES string of the molecule is CCC(C)CC(C)(OC(=O)O)c1ccc([N+](=O)[O-])cc1[N+](=O)[O-]. The van der Waals surface area contributed by atoms with E-state index >= 15 is 0 Å². The lowest BCUT2D eigenvalue weighted by Gasteiger charge is -2.30. The predicted molar refractivity (Wildman–Crippen MR) is 80.3 cm³/mol. The Labute approximate surface area is 132 Å². The van der Waals surface area contributed by atoms with Crippen LogP contribution in [0.5, 0.6) is 0 Å². The number of benzene rings is 1. The van der Waals surface area contributed by atoms with E-state index in [4.69, 9.17) is 9.84 Å². The fourth-order valence-electron chi connectivity index (χ4n) is 2.44. The minimum Gasteiger partial charge on any atom is -0.450 e. The van der Waals surface area contributed by atoms with E-state index in [1.54, 1.807) is 0 Å². The summed E-state index contributed by atoms with van der Waals surface area (Å²) in [5.74, 6) is 0.0362. The van der Waals surface area contributed by atoms with Crippen LogP contribution in [0.3, 0.4) is 0 Å². The Balaban J connectivity index is 3.48. The molecule has 0 saturated carbocycles. The minimum absolute atomic E-state index is 0.00389. The Morgan fingerprint density at radius 1 is 1.35 bits per heavy atom. The van der Waals surface area contributed by atoms with Gasteiger partial charge in [0.05, 0.1) is 21.5 Å². The number of hydrogen-bond donors (Lipinski definition) is 1. The molecule has 2 atom stereocenters. The summed E-state index contributed by atoms with van der Waals surface area (Å²) in [5, 5.41) is 31.0. The maximum atomic E-state index is 11.3. The monoisotopic (exact) mass is 326 g/mol. The van der Waals surface area contributed by atoms with E-state index < -0.39 is 33.0 Å². The molecule has 0 spiro atoms.